The number of esters is 1. The molecule has 0 radical (unpaired) electrons. The molecule has 0 aliphatic heterocycles. The number of hydrazone groups is 1. The van der Waals surface area contributed by atoms with Crippen molar-refractivity contribution in [1.29, 1.82) is 0 Å². The van der Waals surface area contributed by atoms with Crippen LogP contribution in [0.3, 0.4) is 0 Å². The predicted octanol–water partition coefficient (Wildman–Crippen LogP) is 5.29. The van der Waals surface area contributed by atoms with Gasteiger partial charge in [-0.05, 0) is 65.8 Å². The third-order valence-corrected chi connectivity index (χ3v) is 4.50. The molecule has 0 saturated heterocycles. The van der Waals surface area contributed by atoms with Crippen LogP contribution in [0.2, 0.25) is 5.02 Å². The highest BCUT2D eigenvalue weighted by molar-refractivity contribution is 7.80. The molecule has 0 heterocycles. The second-order valence-corrected chi connectivity index (χ2v) is 7.25. The van der Waals surface area contributed by atoms with Crippen LogP contribution in [0.15, 0.2) is 84.0 Å². The van der Waals surface area contributed by atoms with Crippen molar-refractivity contribution in [2.45, 2.75) is 0 Å². The highest BCUT2D eigenvalue weighted by Gasteiger charge is 2.09. The summed E-state index contributed by atoms with van der Waals surface area (Å²) >= 11 is 11.2. The number of carbonyl (C=O) groups is 1. The SMILES string of the molecule is COc1cc(/C=N/NC(=S)Nc2cccc(Cl)c2)ccc1OC(=O)/C=C/c1ccccc1. The van der Waals surface area contributed by atoms with Gasteiger partial charge in [0.05, 0.1) is 13.3 Å². The third kappa shape index (κ3) is 7.23. The second kappa shape index (κ2) is 11.6. The van der Waals surface area contributed by atoms with E-state index in [0.717, 1.165) is 16.8 Å². The minimum atomic E-state index is -0.507. The molecular formula is C24H20ClN3O3S. The van der Waals surface area contributed by atoms with Crippen molar-refractivity contribution in [2.24, 2.45) is 5.10 Å². The topological polar surface area (TPSA) is 71.9 Å². The van der Waals surface area contributed by atoms with E-state index in [1.54, 1.807) is 42.6 Å². The van der Waals surface area contributed by atoms with Crippen LogP contribution < -0.4 is 20.2 Å². The fourth-order valence-electron chi connectivity index (χ4n) is 2.61. The summed E-state index contributed by atoms with van der Waals surface area (Å²) in [5.74, 6) is 0.196. The molecule has 0 aromatic heterocycles. The number of nitrogens with one attached hydrogen (secondary N) is 2. The van der Waals surface area contributed by atoms with Crippen LogP contribution in [0.25, 0.3) is 6.08 Å². The number of hydrogen-bond acceptors (Lipinski definition) is 5. The first kappa shape index (κ1) is 23.0. The molecule has 8 heteroatoms. The fourth-order valence-corrected chi connectivity index (χ4v) is 2.97. The van der Waals surface area contributed by atoms with Crippen molar-refractivity contribution in [2.75, 3.05) is 12.4 Å². The molecule has 0 aliphatic carbocycles. The Balaban J connectivity index is 1.57. The zero-order valence-electron chi connectivity index (χ0n) is 17.1. The third-order valence-electron chi connectivity index (χ3n) is 4.07. The molecule has 0 spiro atoms. The molecule has 0 unspecified atom stereocenters. The quantitative estimate of drug-likeness (QED) is 0.123. The van der Waals surface area contributed by atoms with E-state index >= 15 is 0 Å². The zero-order valence-corrected chi connectivity index (χ0v) is 18.7. The van der Waals surface area contributed by atoms with E-state index in [1.165, 1.54) is 13.2 Å². The highest BCUT2D eigenvalue weighted by Crippen LogP contribution is 2.27. The van der Waals surface area contributed by atoms with Gasteiger partial charge in [-0.15, -0.1) is 0 Å². The molecule has 0 atom stereocenters. The van der Waals surface area contributed by atoms with Gasteiger partial charge in [0.15, 0.2) is 16.6 Å². The smallest absolute Gasteiger partial charge is 0.336 e. The summed E-state index contributed by atoms with van der Waals surface area (Å²) in [5.41, 5.74) is 5.10. The lowest BCUT2D eigenvalue weighted by atomic mass is 10.2. The minimum Gasteiger partial charge on any atom is -0.493 e. The van der Waals surface area contributed by atoms with Crippen LogP contribution in [0.4, 0.5) is 5.69 Å². The number of halogens is 1. The summed E-state index contributed by atoms with van der Waals surface area (Å²) in [6.45, 7) is 0. The van der Waals surface area contributed by atoms with Gasteiger partial charge in [0.1, 0.15) is 0 Å². The average molecular weight is 466 g/mol. The van der Waals surface area contributed by atoms with Gasteiger partial charge in [-0.1, -0.05) is 48.0 Å². The molecule has 0 fully saturated rings. The van der Waals surface area contributed by atoms with Gasteiger partial charge < -0.3 is 14.8 Å². The standard InChI is InChI=1S/C24H20ClN3O3S/c1-30-22-14-18(16-26-28-24(32)27-20-9-5-8-19(25)15-20)10-12-21(22)31-23(29)13-11-17-6-3-2-4-7-17/h2-16H,1H3,(H2,27,28,32)/b13-11+,26-16+. The van der Waals surface area contributed by atoms with Gasteiger partial charge in [0, 0.05) is 16.8 Å². The summed E-state index contributed by atoms with van der Waals surface area (Å²) in [6, 6.07) is 21.7. The van der Waals surface area contributed by atoms with E-state index in [-0.39, 0.29) is 0 Å². The van der Waals surface area contributed by atoms with E-state index in [4.69, 9.17) is 33.3 Å². The molecular weight excluding hydrogens is 446 g/mol. The van der Waals surface area contributed by atoms with Crippen molar-refractivity contribution in [1.82, 2.24) is 5.43 Å². The summed E-state index contributed by atoms with van der Waals surface area (Å²) < 4.78 is 10.7. The van der Waals surface area contributed by atoms with Crippen LogP contribution in [0.1, 0.15) is 11.1 Å². The molecule has 3 rings (SSSR count). The Morgan fingerprint density at radius 2 is 1.81 bits per heavy atom. The number of ether oxygens (including phenoxy) is 2. The number of thiocarbonyl (C=S) groups is 1. The van der Waals surface area contributed by atoms with Crippen LogP contribution in [0, 0.1) is 0 Å². The first-order valence-corrected chi connectivity index (χ1v) is 10.3. The highest BCUT2D eigenvalue weighted by atomic mass is 35.5. The van der Waals surface area contributed by atoms with Crippen LogP contribution in [0.5, 0.6) is 11.5 Å². The largest absolute Gasteiger partial charge is 0.493 e. The van der Waals surface area contributed by atoms with Crippen molar-refractivity contribution in [3.63, 3.8) is 0 Å². The van der Waals surface area contributed by atoms with Gasteiger partial charge in [0.25, 0.3) is 0 Å². The zero-order chi connectivity index (χ0) is 22.8. The maximum Gasteiger partial charge on any atom is 0.336 e. The van der Waals surface area contributed by atoms with E-state index in [0.29, 0.717) is 21.6 Å². The monoisotopic (exact) mass is 465 g/mol. The predicted molar refractivity (Wildman–Crippen MR) is 133 cm³/mol. The Morgan fingerprint density at radius 3 is 2.56 bits per heavy atom. The van der Waals surface area contributed by atoms with E-state index in [9.17, 15) is 4.79 Å². The number of benzene rings is 3. The molecule has 0 amide bonds. The Morgan fingerprint density at radius 1 is 1.00 bits per heavy atom. The molecule has 3 aromatic carbocycles. The molecule has 0 aliphatic rings. The van der Waals surface area contributed by atoms with Gasteiger partial charge in [-0.2, -0.15) is 5.10 Å². The maximum atomic E-state index is 12.1. The number of rotatable bonds is 7. The lowest BCUT2D eigenvalue weighted by molar-refractivity contribution is -0.129. The number of carbonyl (C=O) groups excluding carboxylic acids is 1. The first-order valence-electron chi connectivity index (χ1n) is 9.52. The number of methoxy groups -OCH3 is 1. The molecule has 6 nitrogen and oxygen atoms in total. The van der Waals surface area contributed by atoms with Gasteiger partial charge in [-0.3, -0.25) is 5.43 Å². The molecule has 2 N–H and O–H groups in total. The molecule has 3 aromatic rings. The molecule has 0 bridgehead atoms. The number of nitrogens with zero attached hydrogens (tertiary/aromatic N) is 1. The Bertz CT molecular complexity index is 1150. The lowest BCUT2D eigenvalue weighted by Gasteiger charge is -2.09. The summed E-state index contributed by atoms with van der Waals surface area (Å²) in [5, 5.41) is 8.00. The van der Waals surface area contributed by atoms with Crippen LogP contribution in [-0.2, 0) is 4.79 Å². The normalized spacial score (nSPS) is 10.8. The van der Waals surface area contributed by atoms with Gasteiger partial charge >= 0.3 is 5.97 Å². The maximum absolute atomic E-state index is 12.1. The van der Waals surface area contributed by atoms with Crippen molar-refractivity contribution in [3.8, 4) is 11.5 Å². The summed E-state index contributed by atoms with van der Waals surface area (Å²) in [4.78, 5) is 12.1. The van der Waals surface area contributed by atoms with Gasteiger partial charge in [-0.25, -0.2) is 4.79 Å². The van der Waals surface area contributed by atoms with E-state index in [2.05, 4.69) is 15.8 Å². The Hall–Kier alpha value is -3.68. The number of anilines is 1. The Kier molecular flexibility index (Phi) is 8.36. The second-order valence-electron chi connectivity index (χ2n) is 6.41. The van der Waals surface area contributed by atoms with E-state index < -0.39 is 5.97 Å². The lowest BCUT2D eigenvalue weighted by Crippen LogP contribution is -2.23. The molecule has 0 saturated carbocycles. The first-order chi connectivity index (χ1) is 15.5. The average Bonchev–Trinajstić information content (AvgIpc) is 2.79. The summed E-state index contributed by atoms with van der Waals surface area (Å²) in [7, 11) is 1.50. The van der Waals surface area contributed by atoms with E-state index in [1.807, 2.05) is 42.5 Å². The van der Waals surface area contributed by atoms with Crippen molar-refractivity contribution < 1.29 is 14.3 Å². The summed E-state index contributed by atoms with van der Waals surface area (Å²) in [6.07, 6.45) is 4.61. The number of hydrogen-bond donors (Lipinski definition) is 2. The Labute approximate surface area is 196 Å². The van der Waals surface area contributed by atoms with Crippen LogP contribution in [-0.4, -0.2) is 24.4 Å². The van der Waals surface area contributed by atoms with Gasteiger partial charge in [0.2, 0.25) is 0 Å². The van der Waals surface area contributed by atoms with Crippen molar-refractivity contribution >= 4 is 52.9 Å². The fraction of sp³-hybridized carbons (Fsp3) is 0.0417. The van der Waals surface area contributed by atoms with Crippen molar-refractivity contribution in [3.05, 3.63) is 95.0 Å². The van der Waals surface area contributed by atoms with Crippen LogP contribution >= 0.6 is 23.8 Å². The minimum absolute atomic E-state index is 0.304. The molecule has 32 heavy (non-hydrogen) atoms. The molecule has 162 valence electrons.